The number of amides is 2. The molecule has 1 saturated heterocycles. The number of hydrogen-bond acceptors (Lipinski definition) is 4. The second-order valence-electron chi connectivity index (χ2n) is 6.25. The van der Waals surface area contributed by atoms with Crippen molar-refractivity contribution in [3.63, 3.8) is 0 Å². The van der Waals surface area contributed by atoms with Gasteiger partial charge in [0.1, 0.15) is 12.4 Å². The quantitative estimate of drug-likeness (QED) is 0.931. The minimum Gasteiger partial charge on any atom is -0.356 e. The lowest BCUT2D eigenvalue weighted by molar-refractivity contribution is -0.160. The fraction of sp³-hybridized carbons (Fsp3) is 0.316. The Morgan fingerprint density at radius 2 is 1.92 bits per heavy atom. The molecule has 2 amide bonds. The van der Waals surface area contributed by atoms with E-state index in [9.17, 15) is 9.59 Å². The maximum Gasteiger partial charge on any atom is 0.257 e. The van der Waals surface area contributed by atoms with Gasteiger partial charge in [-0.15, -0.1) is 0 Å². The summed E-state index contributed by atoms with van der Waals surface area (Å²) in [5.74, 6) is 0.00198. The first kappa shape index (κ1) is 17.1. The predicted octanol–water partition coefficient (Wildman–Crippen LogP) is 2.24. The van der Waals surface area contributed by atoms with Crippen LogP contribution >= 0.6 is 0 Å². The monoisotopic (exact) mass is 339 g/mol. The van der Waals surface area contributed by atoms with Gasteiger partial charge in [-0.3, -0.25) is 9.59 Å². The number of aryl methyl sites for hydroxylation is 2. The molecule has 3 rings (SSSR count). The van der Waals surface area contributed by atoms with E-state index in [1.54, 1.807) is 18.0 Å². The number of carbonyl (C=O) groups is 2. The molecule has 25 heavy (non-hydrogen) atoms. The highest BCUT2D eigenvalue weighted by Gasteiger charge is 2.40. The molecule has 1 aromatic heterocycles. The average Bonchev–Trinajstić information content (AvgIpc) is 2.58. The van der Waals surface area contributed by atoms with Gasteiger partial charge in [0, 0.05) is 12.7 Å². The molecule has 2 heterocycles. The number of likely N-dealkylation sites (N-methyl/N-ethyl adjacent to an activating group) is 1. The van der Waals surface area contributed by atoms with E-state index in [0.717, 1.165) is 16.8 Å². The first-order chi connectivity index (χ1) is 12.0. The molecule has 2 atom stereocenters. The number of nitrogens with zero attached hydrogens (tertiary/aromatic N) is 2. The Balaban J connectivity index is 1.87. The van der Waals surface area contributed by atoms with Crippen LogP contribution in [-0.4, -0.2) is 41.5 Å². The Kier molecular flexibility index (Phi) is 4.81. The number of carbonyl (C=O) groups excluding carboxylic acids is 2. The number of aromatic nitrogens is 1. The van der Waals surface area contributed by atoms with E-state index in [-0.39, 0.29) is 18.4 Å². The van der Waals surface area contributed by atoms with Gasteiger partial charge < -0.3 is 15.0 Å². The molecule has 2 aromatic rings. The van der Waals surface area contributed by atoms with E-state index < -0.39 is 12.1 Å². The lowest BCUT2D eigenvalue weighted by Crippen LogP contribution is -2.51. The summed E-state index contributed by atoms with van der Waals surface area (Å²) in [6.07, 6.45) is -0.798. The van der Waals surface area contributed by atoms with Crippen LogP contribution in [0.5, 0.6) is 0 Å². The zero-order valence-corrected chi connectivity index (χ0v) is 14.5. The Bertz CT molecular complexity index is 789. The van der Waals surface area contributed by atoms with Crippen molar-refractivity contribution >= 4 is 17.6 Å². The van der Waals surface area contributed by atoms with Crippen molar-refractivity contribution < 1.29 is 14.3 Å². The van der Waals surface area contributed by atoms with Crippen molar-refractivity contribution in [2.24, 2.45) is 0 Å². The number of hydrogen-bond donors (Lipinski definition) is 1. The maximum absolute atomic E-state index is 12.8. The summed E-state index contributed by atoms with van der Waals surface area (Å²) in [7, 11) is 1.70. The van der Waals surface area contributed by atoms with Crippen molar-refractivity contribution in [3.05, 3.63) is 59.3 Å². The minimum atomic E-state index is -0.798. The second-order valence-corrected chi connectivity index (χ2v) is 6.25. The van der Waals surface area contributed by atoms with E-state index in [1.165, 1.54) is 0 Å². The molecule has 130 valence electrons. The highest BCUT2D eigenvalue weighted by Crippen LogP contribution is 2.30. The van der Waals surface area contributed by atoms with Gasteiger partial charge in [-0.2, -0.15) is 0 Å². The van der Waals surface area contributed by atoms with Gasteiger partial charge in [0.25, 0.3) is 5.91 Å². The van der Waals surface area contributed by atoms with E-state index in [1.807, 2.05) is 50.2 Å². The van der Waals surface area contributed by atoms with E-state index in [4.69, 9.17) is 4.74 Å². The molecule has 1 fully saturated rings. The first-order valence-electron chi connectivity index (χ1n) is 8.14. The standard InChI is InChI=1S/C19H21N3O3/c1-12-7-9-14(10-8-12)17-18(25-11-16(23)22(17)3)19(24)21-15-6-4-5-13(2)20-15/h4-10,17-18H,11H2,1-3H3,(H,20,21,24)/t17-,18+/m0/s1. The smallest absolute Gasteiger partial charge is 0.257 e. The topological polar surface area (TPSA) is 71.5 Å². The Morgan fingerprint density at radius 3 is 2.60 bits per heavy atom. The zero-order valence-electron chi connectivity index (χ0n) is 14.5. The highest BCUT2D eigenvalue weighted by molar-refractivity contribution is 5.95. The Labute approximate surface area is 146 Å². The van der Waals surface area contributed by atoms with Crippen molar-refractivity contribution in [1.82, 2.24) is 9.88 Å². The van der Waals surface area contributed by atoms with Crippen LogP contribution in [-0.2, 0) is 14.3 Å². The summed E-state index contributed by atoms with van der Waals surface area (Å²) in [5.41, 5.74) is 2.78. The van der Waals surface area contributed by atoms with Crippen LogP contribution in [0, 0.1) is 13.8 Å². The normalized spacial score (nSPS) is 20.4. The van der Waals surface area contributed by atoms with Crippen LogP contribution in [0.3, 0.4) is 0 Å². The van der Waals surface area contributed by atoms with Crippen LogP contribution < -0.4 is 5.32 Å². The number of pyridine rings is 1. The van der Waals surface area contributed by atoms with Gasteiger partial charge in [0.05, 0.1) is 6.04 Å². The fourth-order valence-electron chi connectivity index (χ4n) is 2.90. The van der Waals surface area contributed by atoms with Crippen molar-refractivity contribution in [3.8, 4) is 0 Å². The maximum atomic E-state index is 12.8. The molecule has 1 N–H and O–H groups in total. The summed E-state index contributed by atoms with van der Waals surface area (Å²) in [6, 6.07) is 12.7. The summed E-state index contributed by atoms with van der Waals surface area (Å²) >= 11 is 0. The van der Waals surface area contributed by atoms with Gasteiger partial charge >= 0.3 is 0 Å². The third-order valence-corrected chi connectivity index (χ3v) is 4.30. The molecule has 0 bridgehead atoms. The van der Waals surface area contributed by atoms with Gasteiger partial charge in [-0.25, -0.2) is 4.98 Å². The molecule has 6 heteroatoms. The van der Waals surface area contributed by atoms with Crippen LogP contribution in [0.2, 0.25) is 0 Å². The van der Waals surface area contributed by atoms with Crippen LogP contribution in [0.15, 0.2) is 42.5 Å². The molecule has 6 nitrogen and oxygen atoms in total. The zero-order chi connectivity index (χ0) is 18.0. The minimum absolute atomic E-state index is 0.113. The number of morpholine rings is 1. The third-order valence-electron chi connectivity index (χ3n) is 4.30. The average molecular weight is 339 g/mol. The van der Waals surface area contributed by atoms with E-state index >= 15 is 0 Å². The molecule has 0 spiro atoms. The van der Waals surface area contributed by atoms with Crippen LogP contribution in [0.25, 0.3) is 0 Å². The molecule has 1 aliphatic heterocycles. The number of ether oxygens (including phenoxy) is 1. The number of anilines is 1. The Hall–Kier alpha value is -2.73. The lowest BCUT2D eigenvalue weighted by Gasteiger charge is -2.38. The fourth-order valence-corrected chi connectivity index (χ4v) is 2.90. The largest absolute Gasteiger partial charge is 0.356 e. The molecular weight excluding hydrogens is 318 g/mol. The Morgan fingerprint density at radius 1 is 1.20 bits per heavy atom. The van der Waals surface area contributed by atoms with Gasteiger partial charge in [-0.1, -0.05) is 35.9 Å². The van der Waals surface area contributed by atoms with Crippen molar-refractivity contribution in [2.75, 3.05) is 19.0 Å². The third kappa shape index (κ3) is 3.69. The van der Waals surface area contributed by atoms with Crippen LogP contribution in [0.4, 0.5) is 5.82 Å². The van der Waals surface area contributed by atoms with E-state index in [2.05, 4.69) is 10.3 Å². The lowest BCUT2D eigenvalue weighted by atomic mass is 9.97. The van der Waals surface area contributed by atoms with Gasteiger partial charge in [-0.05, 0) is 31.5 Å². The first-order valence-corrected chi connectivity index (χ1v) is 8.14. The molecule has 0 radical (unpaired) electrons. The highest BCUT2D eigenvalue weighted by atomic mass is 16.5. The second kappa shape index (κ2) is 7.03. The summed E-state index contributed by atoms with van der Waals surface area (Å²) in [4.78, 5) is 30.7. The molecular formula is C19H21N3O3. The molecule has 1 aliphatic rings. The van der Waals surface area contributed by atoms with Crippen molar-refractivity contribution in [2.45, 2.75) is 26.0 Å². The van der Waals surface area contributed by atoms with E-state index in [0.29, 0.717) is 5.82 Å². The molecule has 0 unspecified atom stereocenters. The molecule has 1 aromatic carbocycles. The van der Waals surface area contributed by atoms with Gasteiger partial charge in [0.2, 0.25) is 5.91 Å². The molecule has 0 saturated carbocycles. The SMILES string of the molecule is Cc1ccc([C@H]2[C@H](C(=O)Nc3cccc(C)n3)OCC(=O)N2C)cc1. The summed E-state index contributed by atoms with van der Waals surface area (Å²) < 4.78 is 5.59. The number of rotatable bonds is 3. The number of nitrogens with one attached hydrogen (secondary N) is 1. The summed E-state index contributed by atoms with van der Waals surface area (Å²) in [6.45, 7) is 3.73. The predicted molar refractivity (Wildman–Crippen MR) is 94.0 cm³/mol. The molecule has 0 aliphatic carbocycles. The van der Waals surface area contributed by atoms with Crippen LogP contribution in [0.1, 0.15) is 22.9 Å². The van der Waals surface area contributed by atoms with Crippen molar-refractivity contribution in [1.29, 1.82) is 0 Å². The van der Waals surface area contributed by atoms with Gasteiger partial charge in [0.15, 0.2) is 6.10 Å². The number of benzene rings is 1. The summed E-state index contributed by atoms with van der Waals surface area (Å²) in [5, 5.41) is 2.79.